The lowest BCUT2D eigenvalue weighted by Crippen LogP contribution is -2.30. The molecule has 1 unspecified atom stereocenters. The van der Waals surface area contributed by atoms with E-state index in [4.69, 9.17) is 11.6 Å². The van der Waals surface area contributed by atoms with E-state index in [0.29, 0.717) is 10.6 Å². The van der Waals surface area contributed by atoms with Crippen LogP contribution in [0.15, 0.2) is 42.5 Å². The highest BCUT2D eigenvalue weighted by molar-refractivity contribution is 14.1. The van der Waals surface area contributed by atoms with Crippen molar-refractivity contribution >= 4 is 40.1 Å². The number of amides is 1. The number of nitrogens with zero attached hydrogens (tertiary/aromatic N) is 1. The molecule has 0 fully saturated rings. The van der Waals surface area contributed by atoms with Gasteiger partial charge in [0.15, 0.2) is 0 Å². The molecule has 2 nitrogen and oxygen atoms in total. The van der Waals surface area contributed by atoms with Crippen LogP contribution in [0.1, 0.15) is 28.9 Å². The lowest BCUT2D eigenvalue weighted by molar-refractivity contribution is 0.0741. The van der Waals surface area contributed by atoms with Gasteiger partial charge < -0.3 is 4.90 Å². The number of halogens is 3. The van der Waals surface area contributed by atoms with Gasteiger partial charge >= 0.3 is 0 Å². The molecule has 5 heteroatoms. The number of carbonyl (C=O) groups excluding carboxylic acids is 1. The van der Waals surface area contributed by atoms with Crippen molar-refractivity contribution in [2.45, 2.75) is 13.0 Å². The number of hydrogen-bond acceptors (Lipinski definition) is 1. The van der Waals surface area contributed by atoms with Gasteiger partial charge in [0.25, 0.3) is 5.91 Å². The minimum Gasteiger partial charge on any atom is -0.335 e. The van der Waals surface area contributed by atoms with Crippen molar-refractivity contribution in [3.63, 3.8) is 0 Å². The molecule has 2 aromatic carbocycles. The Balaban J connectivity index is 2.26. The van der Waals surface area contributed by atoms with Gasteiger partial charge in [-0.15, -0.1) is 0 Å². The van der Waals surface area contributed by atoms with Crippen molar-refractivity contribution in [2.24, 2.45) is 0 Å². The van der Waals surface area contributed by atoms with Gasteiger partial charge in [-0.05, 0) is 65.4 Å². The van der Waals surface area contributed by atoms with Gasteiger partial charge in [0.05, 0.1) is 11.6 Å². The largest absolute Gasteiger partial charge is 0.335 e. The molecule has 0 N–H and O–H groups in total. The quantitative estimate of drug-likeness (QED) is 0.649. The predicted molar refractivity (Wildman–Crippen MR) is 91.1 cm³/mol. The zero-order valence-electron chi connectivity index (χ0n) is 11.6. The van der Waals surface area contributed by atoms with Crippen molar-refractivity contribution in [2.75, 3.05) is 7.05 Å². The van der Waals surface area contributed by atoms with E-state index in [1.165, 1.54) is 12.1 Å². The summed E-state index contributed by atoms with van der Waals surface area (Å²) in [5.41, 5.74) is 1.45. The summed E-state index contributed by atoms with van der Waals surface area (Å²) in [5.74, 6) is -0.400. The second-order valence-electron chi connectivity index (χ2n) is 4.77. The topological polar surface area (TPSA) is 20.3 Å². The van der Waals surface area contributed by atoms with Gasteiger partial charge in [0, 0.05) is 15.6 Å². The molecule has 0 radical (unpaired) electrons. The first kappa shape index (κ1) is 16.2. The van der Waals surface area contributed by atoms with Gasteiger partial charge in [-0.2, -0.15) is 0 Å². The summed E-state index contributed by atoms with van der Waals surface area (Å²) < 4.78 is 13.8. The Morgan fingerprint density at radius 3 is 2.48 bits per heavy atom. The number of benzene rings is 2. The van der Waals surface area contributed by atoms with Gasteiger partial charge in [0.1, 0.15) is 5.82 Å². The van der Waals surface area contributed by atoms with Gasteiger partial charge in [0.2, 0.25) is 0 Å². The molecule has 1 atom stereocenters. The summed E-state index contributed by atoms with van der Waals surface area (Å²) in [7, 11) is 1.73. The lowest BCUT2D eigenvalue weighted by Gasteiger charge is -2.26. The van der Waals surface area contributed by atoms with Crippen LogP contribution in [0.3, 0.4) is 0 Å². The molecule has 110 valence electrons. The predicted octanol–water partition coefficient (Wildman–Crippen LogP) is 4.92. The fraction of sp³-hybridized carbons (Fsp3) is 0.188. The van der Waals surface area contributed by atoms with Crippen LogP contribution in [-0.4, -0.2) is 17.9 Å². The highest BCUT2D eigenvalue weighted by Crippen LogP contribution is 2.24. The molecule has 0 aromatic heterocycles. The minimum absolute atomic E-state index is 0.112. The van der Waals surface area contributed by atoms with Crippen molar-refractivity contribution in [3.05, 3.63) is 68.0 Å². The minimum atomic E-state index is -0.288. The molecule has 0 bridgehead atoms. The molecule has 2 rings (SSSR count). The highest BCUT2D eigenvalue weighted by Gasteiger charge is 2.21. The van der Waals surface area contributed by atoms with Crippen LogP contribution in [0, 0.1) is 9.39 Å². The van der Waals surface area contributed by atoms with E-state index in [1.54, 1.807) is 36.2 Å². The molecule has 2 aromatic rings. The van der Waals surface area contributed by atoms with Crippen molar-refractivity contribution < 1.29 is 9.18 Å². The Kier molecular flexibility index (Phi) is 5.22. The Morgan fingerprint density at radius 1 is 1.24 bits per heavy atom. The van der Waals surface area contributed by atoms with Crippen molar-refractivity contribution in [1.29, 1.82) is 0 Å². The summed E-state index contributed by atoms with van der Waals surface area (Å²) in [6.45, 7) is 1.91. The average molecular weight is 418 g/mol. The Labute approximate surface area is 142 Å². The van der Waals surface area contributed by atoms with Crippen LogP contribution in [0.2, 0.25) is 5.02 Å². The van der Waals surface area contributed by atoms with Crippen molar-refractivity contribution in [3.8, 4) is 0 Å². The maximum absolute atomic E-state index is 13.0. The summed E-state index contributed by atoms with van der Waals surface area (Å²) in [5, 5.41) is 0.529. The first-order valence-electron chi connectivity index (χ1n) is 6.38. The molecule has 0 heterocycles. The van der Waals surface area contributed by atoms with E-state index in [-0.39, 0.29) is 17.8 Å². The van der Waals surface area contributed by atoms with Crippen LogP contribution in [0.5, 0.6) is 0 Å². The summed E-state index contributed by atoms with van der Waals surface area (Å²) >= 11 is 8.08. The Bertz CT molecular complexity index is 660. The normalized spacial score (nSPS) is 12.0. The highest BCUT2D eigenvalue weighted by atomic mass is 127. The zero-order valence-corrected chi connectivity index (χ0v) is 14.5. The third kappa shape index (κ3) is 3.74. The van der Waals surface area contributed by atoms with E-state index in [9.17, 15) is 9.18 Å². The zero-order chi connectivity index (χ0) is 15.6. The Morgan fingerprint density at radius 2 is 1.86 bits per heavy atom. The first-order valence-corrected chi connectivity index (χ1v) is 7.83. The molecule has 1 amide bonds. The van der Waals surface area contributed by atoms with Crippen LogP contribution in [0.25, 0.3) is 0 Å². The second-order valence-corrected chi connectivity index (χ2v) is 6.37. The summed E-state index contributed by atoms with van der Waals surface area (Å²) in [6.07, 6.45) is 0. The van der Waals surface area contributed by atoms with E-state index >= 15 is 0 Å². The van der Waals surface area contributed by atoms with Crippen LogP contribution >= 0.6 is 34.2 Å². The van der Waals surface area contributed by atoms with Crippen LogP contribution < -0.4 is 0 Å². The third-order valence-corrected chi connectivity index (χ3v) is 4.59. The SMILES string of the molecule is CC(c1ccc(F)cc1)N(C)C(=O)c1cc(Cl)ccc1I. The first-order chi connectivity index (χ1) is 9.90. The lowest BCUT2D eigenvalue weighted by atomic mass is 10.1. The molecule has 0 aliphatic heterocycles. The van der Waals surface area contributed by atoms with E-state index in [2.05, 4.69) is 22.6 Å². The number of carbonyl (C=O) groups is 1. The monoisotopic (exact) mass is 417 g/mol. The number of hydrogen-bond donors (Lipinski definition) is 0. The molecule has 0 spiro atoms. The van der Waals surface area contributed by atoms with Crippen molar-refractivity contribution in [1.82, 2.24) is 4.90 Å². The average Bonchev–Trinajstić information content (AvgIpc) is 2.48. The van der Waals surface area contributed by atoms with Crippen LogP contribution in [0.4, 0.5) is 4.39 Å². The molecular weight excluding hydrogens is 404 g/mol. The summed E-state index contributed by atoms with van der Waals surface area (Å²) in [6, 6.07) is 11.2. The Hall–Kier alpha value is -1.14. The number of rotatable bonds is 3. The maximum Gasteiger partial charge on any atom is 0.255 e. The molecule has 0 saturated carbocycles. The molecule has 0 saturated heterocycles. The van der Waals surface area contributed by atoms with E-state index in [1.807, 2.05) is 13.0 Å². The fourth-order valence-electron chi connectivity index (χ4n) is 1.99. The van der Waals surface area contributed by atoms with Gasteiger partial charge in [-0.25, -0.2) is 4.39 Å². The smallest absolute Gasteiger partial charge is 0.255 e. The van der Waals surface area contributed by atoms with E-state index < -0.39 is 0 Å². The molecule has 21 heavy (non-hydrogen) atoms. The van der Waals surface area contributed by atoms with E-state index in [0.717, 1.165) is 9.13 Å². The standard InChI is InChI=1S/C16H14ClFINO/c1-10(11-3-6-13(18)7-4-11)20(2)16(21)14-9-12(17)5-8-15(14)19/h3-10H,1-2H3. The molecular formula is C16H14ClFINO. The molecule has 0 aliphatic rings. The molecule has 0 aliphatic carbocycles. The van der Waals surface area contributed by atoms with Gasteiger partial charge in [-0.3, -0.25) is 4.79 Å². The second kappa shape index (κ2) is 6.75. The summed E-state index contributed by atoms with van der Waals surface area (Å²) in [4.78, 5) is 14.2. The fourth-order valence-corrected chi connectivity index (χ4v) is 2.73. The van der Waals surface area contributed by atoms with Crippen LogP contribution in [-0.2, 0) is 0 Å². The third-order valence-electron chi connectivity index (χ3n) is 3.41. The maximum atomic E-state index is 13.0. The van der Waals surface area contributed by atoms with Gasteiger partial charge in [-0.1, -0.05) is 23.7 Å².